The number of hydrogen-bond donors (Lipinski definition) is 2. The van der Waals surface area contributed by atoms with Gasteiger partial charge in [0, 0.05) is 5.56 Å². The van der Waals surface area contributed by atoms with Crippen LogP contribution in [0.3, 0.4) is 0 Å². The van der Waals surface area contributed by atoms with Crippen LogP contribution in [0.15, 0.2) is 42.0 Å². The van der Waals surface area contributed by atoms with Crippen LogP contribution in [0.25, 0.3) is 0 Å². The highest BCUT2D eigenvalue weighted by atomic mass is 16.3. The van der Waals surface area contributed by atoms with Crippen molar-refractivity contribution in [1.29, 1.82) is 0 Å². The van der Waals surface area contributed by atoms with Gasteiger partial charge in [-0.15, -0.1) is 0 Å². The normalized spacial score (nSPS) is 13.9. The number of carbonyl (C=O) groups is 1. The van der Waals surface area contributed by atoms with Crippen molar-refractivity contribution in [2.75, 3.05) is 0 Å². The second-order valence-corrected chi connectivity index (χ2v) is 8.73. The van der Waals surface area contributed by atoms with Gasteiger partial charge in [0.05, 0.1) is 5.56 Å². The molecule has 3 heteroatoms. The van der Waals surface area contributed by atoms with Gasteiger partial charge in [-0.3, -0.25) is 4.79 Å². The molecule has 0 bridgehead atoms. The Morgan fingerprint density at radius 2 is 1.55 bits per heavy atom. The lowest BCUT2D eigenvalue weighted by molar-refractivity contribution is 0.104. The summed E-state index contributed by atoms with van der Waals surface area (Å²) in [5.41, 5.74) is 2.58. The minimum atomic E-state index is -0.139. The van der Waals surface area contributed by atoms with Gasteiger partial charge in [-0.05, 0) is 76.0 Å². The fraction of sp³-hybridized carbons (Fsp3) is 0.536. The molecule has 0 aliphatic heterocycles. The molecule has 1 aliphatic rings. The number of allylic oxidation sites excluding steroid dienone is 6. The van der Waals surface area contributed by atoms with Crippen LogP contribution in [0.4, 0.5) is 0 Å². The third kappa shape index (κ3) is 8.40. The molecule has 1 aliphatic carbocycles. The Bertz CT molecular complexity index is 799. The van der Waals surface area contributed by atoms with E-state index in [2.05, 4.69) is 31.2 Å². The Balaban J connectivity index is 1.56. The Kier molecular flexibility index (Phi) is 11.2. The average Bonchev–Trinajstić information content (AvgIpc) is 2.74. The van der Waals surface area contributed by atoms with Gasteiger partial charge in [0.1, 0.15) is 11.5 Å². The lowest BCUT2D eigenvalue weighted by Gasteiger charge is -2.19. The van der Waals surface area contributed by atoms with E-state index in [4.69, 9.17) is 0 Å². The van der Waals surface area contributed by atoms with Crippen LogP contribution in [0, 0.1) is 6.92 Å². The molecule has 0 heterocycles. The van der Waals surface area contributed by atoms with Gasteiger partial charge in [-0.25, -0.2) is 0 Å². The largest absolute Gasteiger partial charge is 0.508 e. The van der Waals surface area contributed by atoms with E-state index in [9.17, 15) is 15.0 Å². The van der Waals surface area contributed by atoms with Gasteiger partial charge < -0.3 is 10.2 Å². The van der Waals surface area contributed by atoms with E-state index in [1.54, 1.807) is 19.1 Å². The van der Waals surface area contributed by atoms with Crippen molar-refractivity contribution in [3.63, 3.8) is 0 Å². The average molecular weight is 425 g/mol. The highest BCUT2D eigenvalue weighted by Crippen LogP contribution is 2.37. The van der Waals surface area contributed by atoms with Gasteiger partial charge >= 0.3 is 0 Å². The molecule has 3 nitrogen and oxygen atoms in total. The van der Waals surface area contributed by atoms with Crippen molar-refractivity contribution < 1.29 is 15.0 Å². The molecule has 0 saturated carbocycles. The van der Waals surface area contributed by atoms with Crippen molar-refractivity contribution in [3.8, 4) is 11.5 Å². The Hall–Kier alpha value is -2.29. The monoisotopic (exact) mass is 424 g/mol. The fourth-order valence-corrected chi connectivity index (χ4v) is 4.10. The molecule has 0 amide bonds. The summed E-state index contributed by atoms with van der Waals surface area (Å²) in [6.07, 6.45) is 25.7. The highest BCUT2D eigenvalue weighted by molar-refractivity contribution is 6.09. The Morgan fingerprint density at radius 3 is 2.26 bits per heavy atom. The third-order valence-corrected chi connectivity index (χ3v) is 6.06. The lowest BCUT2D eigenvalue weighted by atomic mass is 9.86. The molecule has 31 heavy (non-hydrogen) atoms. The number of aromatic hydroxyl groups is 2. The molecule has 0 radical (unpaired) electrons. The zero-order valence-corrected chi connectivity index (χ0v) is 19.5. The number of benzene rings is 1. The van der Waals surface area contributed by atoms with Crippen molar-refractivity contribution >= 4 is 5.78 Å². The summed E-state index contributed by atoms with van der Waals surface area (Å²) in [4.78, 5) is 12.4. The molecule has 1 aromatic carbocycles. The first-order valence-electron chi connectivity index (χ1n) is 12.1. The predicted octanol–water partition coefficient (Wildman–Crippen LogP) is 7.88. The maximum Gasteiger partial charge on any atom is 0.189 e. The van der Waals surface area contributed by atoms with Crippen LogP contribution in [-0.2, 0) is 6.42 Å². The van der Waals surface area contributed by atoms with Crippen LogP contribution in [0.5, 0.6) is 11.5 Å². The maximum atomic E-state index is 12.4. The number of carbonyl (C=O) groups excluding carboxylic acids is 1. The van der Waals surface area contributed by atoms with E-state index in [1.165, 1.54) is 51.4 Å². The highest BCUT2D eigenvalue weighted by Gasteiger charge is 2.24. The van der Waals surface area contributed by atoms with E-state index in [0.717, 1.165) is 36.8 Å². The molecular weight excluding hydrogens is 384 g/mol. The molecule has 170 valence electrons. The molecule has 2 N–H and O–H groups in total. The number of unbranched alkanes of at least 4 members (excludes halogenated alkanes) is 8. The van der Waals surface area contributed by atoms with Gasteiger partial charge in [0.15, 0.2) is 5.78 Å². The number of fused-ring (bicyclic) bond motifs is 1. The lowest BCUT2D eigenvalue weighted by Crippen LogP contribution is -2.11. The van der Waals surface area contributed by atoms with Gasteiger partial charge in [-0.1, -0.05) is 68.9 Å². The third-order valence-electron chi connectivity index (χ3n) is 6.06. The SMILES string of the molecule is CCCCC/C=C\C/C=C\CCCCCCCC1=CC(=O)c2c(cc(O)c(C)c2O)C1. The second kappa shape index (κ2) is 13.9. The number of rotatable bonds is 14. The standard InChI is InChI=1S/C28H40O3/c1-3-4-5-6-7-8-9-10-11-12-13-14-15-16-17-18-23-19-24-21-25(29)22(2)28(31)27(24)26(30)20-23/h7-8,10-11,20-21,29,31H,3-6,9,12-19H2,1-2H3/b8-7-,11-10-. The molecular formula is C28H40O3. The molecule has 0 spiro atoms. The van der Waals surface area contributed by atoms with E-state index >= 15 is 0 Å². The maximum absolute atomic E-state index is 12.4. The number of phenolic OH excluding ortho intramolecular Hbond substituents is 2. The summed E-state index contributed by atoms with van der Waals surface area (Å²) >= 11 is 0. The molecule has 0 unspecified atom stereocenters. The quantitative estimate of drug-likeness (QED) is 0.236. The molecule has 2 rings (SSSR count). The van der Waals surface area contributed by atoms with Crippen LogP contribution in [0.1, 0.15) is 105 Å². The van der Waals surface area contributed by atoms with Crippen molar-refractivity contribution in [3.05, 3.63) is 58.7 Å². The number of hydrogen-bond acceptors (Lipinski definition) is 3. The van der Waals surface area contributed by atoms with Crippen molar-refractivity contribution in [2.24, 2.45) is 0 Å². The van der Waals surface area contributed by atoms with Crippen LogP contribution in [-0.4, -0.2) is 16.0 Å². The smallest absolute Gasteiger partial charge is 0.189 e. The summed E-state index contributed by atoms with van der Waals surface area (Å²) in [7, 11) is 0. The van der Waals surface area contributed by atoms with Gasteiger partial charge in [-0.2, -0.15) is 0 Å². The fourth-order valence-electron chi connectivity index (χ4n) is 4.10. The van der Waals surface area contributed by atoms with E-state index in [-0.39, 0.29) is 17.3 Å². The number of phenols is 2. The first-order chi connectivity index (χ1) is 15.0. The zero-order chi connectivity index (χ0) is 22.5. The number of ketones is 1. The molecule has 1 aromatic rings. The minimum Gasteiger partial charge on any atom is -0.508 e. The van der Waals surface area contributed by atoms with Gasteiger partial charge in [0.2, 0.25) is 0 Å². The summed E-state index contributed by atoms with van der Waals surface area (Å²) in [5, 5.41) is 20.1. The van der Waals surface area contributed by atoms with Gasteiger partial charge in [0.25, 0.3) is 0 Å². The van der Waals surface area contributed by atoms with Crippen molar-refractivity contribution in [1.82, 2.24) is 0 Å². The molecule has 0 fully saturated rings. The first kappa shape index (κ1) is 25.0. The summed E-state index contributed by atoms with van der Waals surface area (Å²) < 4.78 is 0. The molecule has 0 saturated heterocycles. The van der Waals surface area contributed by atoms with Crippen molar-refractivity contribution in [2.45, 2.75) is 97.3 Å². The first-order valence-corrected chi connectivity index (χ1v) is 12.1. The Morgan fingerprint density at radius 1 is 0.903 bits per heavy atom. The summed E-state index contributed by atoms with van der Waals surface area (Å²) in [6, 6.07) is 1.63. The second-order valence-electron chi connectivity index (χ2n) is 8.73. The summed E-state index contributed by atoms with van der Waals surface area (Å²) in [5.74, 6) is -0.158. The van der Waals surface area contributed by atoms with E-state index in [0.29, 0.717) is 17.5 Å². The zero-order valence-electron chi connectivity index (χ0n) is 19.5. The summed E-state index contributed by atoms with van der Waals surface area (Å²) in [6.45, 7) is 3.86. The van der Waals surface area contributed by atoms with Crippen LogP contribution in [0.2, 0.25) is 0 Å². The topological polar surface area (TPSA) is 57.5 Å². The van der Waals surface area contributed by atoms with E-state index in [1.807, 2.05) is 0 Å². The van der Waals surface area contributed by atoms with Crippen LogP contribution < -0.4 is 0 Å². The predicted molar refractivity (Wildman–Crippen MR) is 130 cm³/mol. The molecule has 0 aromatic heterocycles. The van der Waals surface area contributed by atoms with Crippen LogP contribution >= 0.6 is 0 Å². The molecule has 0 atom stereocenters. The minimum absolute atomic E-state index is 0.0577. The Labute approximate surface area is 188 Å². The van der Waals surface area contributed by atoms with E-state index < -0.39 is 0 Å².